The van der Waals surface area contributed by atoms with Gasteiger partial charge in [-0.3, -0.25) is 0 Å². The zero-order valence-electron chi connectivity index (χ0n) is 18.2. The quantitative estimate of drug-likeness (QED) is 0.317. The lowest BCUT2D eigenvalue weighted by Crippen LogP contribution is -2.35. The molecule has 1 atom stereocenters. The van der Waals surface area contributed by atoms with Gasteiger partial charge in [0.25, 0.3) is 0 Å². The Labute approximate surface area is 184 Å². The molecule has 0 amide bonds. The summed E-state index contributed by atoms with van der Waals surface area (Å²) in [5.74, 6) is -0.257. The normalized spacial score (nSPS) is 12.3. The minimum Gasteiger partial charge on any atom is -0.464 e. The lowest BCUT2D eigenvalue weighted by Gasteiger charge is -2.36. The van der Waals surface area contributed by atoms with Crippen molar-refractivity contribution < 1.29 is 19.0 Å². The van der Waals surface area contributed by atoms with E-state index in [0.29, 0.717) is 19.8 Å². The monoisotopic (exact) mass is 418 g/mol. The van der Waals surface area contributed by atoms with Crippen molar-refractivity contribution in [3.63, 3.8) is 0 Å². The minimum atomic E-state index is -0.751. The second kappa shape index (κ2) is 11.4. The first-order chi connectivity index (χ1) is 15.2. The third-order valence-electron chi connectivity index (χ3n) is 5.05. The summed E-state index contributed by atoms with van der Waals surface area (Å²) in [6, 6.07) is 30.8. The summed E-state index contributed by atoms with van der Waals surface area (Å²) in [7, 11) is 0. The second-order valence-electron chi connectivity index (χ2n) is 7.52. The van der Waals surface area contributed by atoms with Crippen molar-refractivity contribution in [2.75, 3.05) is 26.4 Å². The third-order valence-corrected chi connectivity index (χ3v) is 5.05. The van der Waals surface area contributed by atoms with Gasteiger partial charge in [-0.1, -0.05) is 97.9 Å². The smallest absolute Gasteiger partial charge is 0.332 e. The summed E-state index contributed by atoms with van der Waals surface area (Å²) in [6.45, 7) is 5.02. The number of hydrogen-bond acceptors (Lipinski definition) is 4. The van der Waals surface area contributed by atoms with Gasteiger partial charge in [0.1, 0.15) is 12.2 Å². The van der Waals surface area contributed by atoms with Gasteiger partial charge in [0.05, 0.1) is 19.8 Å². The molecule has 0 saturated carbocycles. The molecule has 0 radical (unpaired) electrons. The molecule has 0 spiro atoms. The highest BCUT2D eigenvalue weighted by atomic mass is 16.6. The summed E-state index contributed by atoms with van der Waals surface area (Å²) >= 11 is 0. The van der Waals surface area contributed by atoms with Crippen LogP contribution in [0.15, 0.2) is 91.0 Å². The lowest BCUT2D eigenvalue weighted by atomic mass is 9.80. The molecular weight excluding hydrogens is 388 g/mol. The first-order valence-electron chi connectivity index (χ1n) is 10.7. The molecule has 0 aromatic heterocycles. The summed E-state index contributed by atoms with van der Waals surface area (Å²) < 4.78 is 17.2. The van der Waals surface area contributed by atoms with Crippen molar-refractivity contribution in [1.82, 2.24) is 0 Å². The fourth-order valence-corrected chi connectivity index (χ4v) is 3.63. The average molecular weight is 419 g/mol. The third kappa shape index (κ3) is 5.81. The molecule has 0 aliphatic carbocycles. The number of rotatable bonds is 11. The van der Waals surface area contributed by atoms with Gasteiger partial charge < -0.3 is 14.2 Å². The molecule has 0 unspecified atom stereocenters. The lowest BCUT2D eigenvalue weighted by molar-refractivity contribution is -0.149. The van der Waals surface area contributed by atoms with Crippen LogP contribution in [0.5, 0.6) is 0 Å². The standard InChI is InChI=1S/C27H30O4/c1-3-30-26(28)21-29-19-22(2)20-31-27(23-13-7-4-8-14-23,24-15-9-5-10-16-24)25-17-11-6-12-18-25/h4-18,22H,3,19-21H2,1-2H3/t22-/m1/s1. The molecule has 0 aliphatic heterocycles. The Hall–Kier alpha value is -2.95. The Balaban J connectivity index is 1.87. The predicted octanol–water partition coefficient (Wildman–Crippen LogP) is 5.21. The van der Waals surface area contributed by atoms with Crippen LogP contribution in [0.4, 0.5) is 0 Å². The number of carbonyl (C=O) groups is 1. The van der Waals surface area contributed by atoms with Gasteiger partial charge in [0, 0.05) is 5.92 Å². The van der Waals surface area contributed by atoms with Crippen LogP contribution >= 0.6 is 0 Å². The van der Waals surface area contributed by atoms with Crippen molar-refractivity contribution in [1.29, 1.82) is 0 Å². The highest BCUT2D eigenvalue weighted by molar-refractivity contribution is 5.70. The van der Waals surface area contributed by atoms with Crippen LogP contribution in [-0.2, 0) is 24.6 Å². The Kier molecular flexibility index (Phi) is 8.39. The van der Waals surface area contributed by atoms with Crippen LogP contribution in [0.1, 0.15) is 30.5 Å². The van der Waals surface area contributed by atoms with E-state index < -0.39 is 5.60 Å². The molecule has 0 aliphatic rings. The van der Waals surface area contributed by atoms with Gasteiger partial charge in [-0.15, -0.1) is 0 Å². The van der Waals surface area contributed by atoms with Crippen LogP contribution < -0.4 is 0 Å². The van der Waals surface area contributed by atoms with Crippen molar-refractivity contribution in [2.45, 2.75) is 19.4 Å². The highest BCUT2D eigenvalue weighted by Crippen LogP contribution is 2.40. The van der Waals surface area contributed by atoms with Crippen LogP contribution in [0.25, 0.3) is 0 Å². The van der Waals surface area contributed by atoms with Crippen LogP contribution in [0.3, 0.4) is 0 Å². The highest BCUT2D eigenvalue weighted by Gasteiger charge is 2.37. The van der Waals surface area contributed by atoms with Crippen molar-refractivity contribution in [3.8, 4) is 0 Å². The maximum atomic E-state index is 11.5. The summed E-state index contributed by atoms with van der Waals surface area (Å²) in [6.07, 6.45) is 0. The van der Waals surface area contributed by atoms with Gasteiger partial charge in [0.15, 0.2) is 0 Å². The van der Waals surface area contributed by atoms with E-state index in [1.54, 1.807) is 6.92 Å². The van der Waals surface area contributed by atoms with Gasteiger partial charge in [-0.05, 0) is 23.6 Å². The van der Waals surface area contributed by atoms with E-state index in [4.69, 9.17) is 14.2 Å². The maximum Gasteiger partial charge on any atom is 0.332 e. The van der Waals surface area contributed by atoms with Gasteiger partial charge >= 0.3 is 5.97 Å². The van der Waals surface area contributed by atoms with Crippen LogP contribution in [0.2, 0.25) is 0 Å². The zero-order chi connectivity index (χ0) is 21.9. The molecule has 0 bridgehead atoms. The summed E-state index contributed by atoms with van der Waals surface area (Å²) in [5, 5.41) is 0. The fraction of sp³-hybridized carbons (Fsp3) is 0.296. The molecule has 0 fully saturated rings. The van der Waals surface area contributed by atoms with Crippen LogP contribution in [0, 0.1) is 5.92 Å². The Morgan fingerprint density at radius 3 is 1.65 bits per heavy atom. The number of hydrogen-bond donors (Lipinski definition) is 0. The van der Waals surface area contributed by atoms with Crippen molar-refractivity contribution in [3.05, 3.63) is 108 Å². The van der Waals surface area contributed by atoms with Gasteiger partial charge in [-0.2, -0.15) is 0 Å². The molecule has 0 saturated heterocycles. The fourth-order valence-electron chi connectivity index (χ4n) is 3.63. The Bertz CT molecular complexity index is 813. The van der Waals surface area contributed by atoms with E-state index in [1.165, 1.54) is 0 Å². The van der Waals surface area contributed by atoms with Crippen molar-refractivity contribution in [2.24, 2.45) is 5.92 Å². The number of esters is 1. The topological polar surface area (TPSA) is 44.8 Å². The zero-order valence-corrected chi connectivity index (χ0v) is 18.2. The molecule has 0 N–H and O–H groups in total. The summed E-state index contributed by atoms with van der Waals surface area (Å²) in [5.41, 5.74) is 2.44. The average Bonchev–Trinajstić information content (AvgIpc) is 2.82. The number of ether oxygens (including phenoxy) is 3. The Morgan fingerprint density at radius 1 is 0.774 bits per heavy atom. The molecule has 3 aromatic carbocycles. The predicted molar refractivity (Wildman–Crippen MR) is 122 cm³/mol. The molecule has 3 rings (SSSR count). The van der Waals surface area contributed by atoms with E-state index >= 15 is 0 Å². The number of benzene rings is 3. The molecule has 162 valence electrons. The van der Waals surface area contributed by atoms with E-state index in [9.17, 15) is 4.79 Å². The van der Waals surface area contributed by atoms with Gasteiger partial charge in [0.2, 0.25) is 0 Å². The maximum absolute atomic E-state index is 11.5. The first-order valence-corrected chi connectivity index (χ1v) is 10.7. The van der Waals surface area contributed by atoms with E-state index in [0.717, 1.165) is 16.7 Å². The van der Waals surface area contributed by atoms with Crippen LogP contribution in [-0.4, -0.2) is 32.4 Å². The van der Waals surface area contributed by atoms with E-state index in [1.807, 2.05) is 54.6 Å². The Morgan fingerprint density at radius 2 is 1.23 bits per heavy atom. The van der Waals surface area contributed by atoms with Gasteiger partial charge in [-0.25, -0.2) is 4.79 Å². The molecule has 3 aromatic rings. The van der Waals surface area contributed by atoms with Crippen molar-refractivity contribution >= 4 is 5.97 Å². The first kappa shape index (κ1) is 22.7. The molecule has 0 heterocycles. The largest absolute Gasteiger partial charge is 0.464 e. The SMILES string of the molecule is CCOC(=O)COC[C@@H](C)COC(c1ccccc1)(c1ccccc1)c1ccccc1. The number of carbonyl (C=O) groups excluding carboxylic acids is 1. The van der Waals surface area contributed by atoms with E-state index in [2.05, 4.69) is 43.3 Å². The second-order valence-corrected chi connectivity index (χ2v) is 7.52. The minimum absolute atomic E-state index is 0.0423. The molecular formula is C27H30O4. The summed E-state index contributed by atoms with van der Waals surface area (Å²) in [4.78, 5) is 11.5. The van der Waals surface area contributed by atoms with E-state index in [-0.39, 0.29) is 18.5 Å². The molecule has 4 nitrogen and oxygen atoms in total. The molecule has 31 heavy (non-hydrogen) atoms. The molecule has 4 heteroatoms.